The fourth-order valence-corrected chi connectivity index (χ4v) is 3.09. The first-order chi connectivity index (χ1) is 14.1. The highest BCUT2D eigenvalue weighted by Gasteiger charge is 2.18. The first-order valence-electron chi connectivity index (χ1n) is 9.10. The van der Waals surface area contributed by atoms with Gasteiger partial charge in [-0.3, -0.25) is 9.63 Å². The average molecular weight is 412 g/mol. The molecule has 3 aromatic rings. The van der Waals surface area contributed by atoms with Crippen LogP contribution in [0.25, 0.3) is 5.57 Å². The summed E-state index contributed by atoms with van der Waals surface area (Å²) in [4.78, 5) is 17.8. The highest BCUT2D eigenvalue weighted by Crippen LogP contribution is 2.23. The average Bonchev–Trinajstić information content (AvgIpc) is 2.74. The summed E-state index contributed by atoms with van der Waals surface area (Å²) in [5, 5.41) is 0.433. The van der Waals surface area contributed by atoms with E-state index in [4.69, 9.17) is 16.4 Å². The quantitative estimate of drug-likeness (QED) is 0.198. The van der Waals surface area contributed by atoms with Gasteiger partial charge in [0.25, 0.3) is 5.15 Å². The van der Waals surface area contributed by atoms with Gasteiger partial charge in [-0.25, -0.2) is 9.87 Å². The molecule has 1 aromatic heterocycles. The number of carbonyl (C=O) groups excluding carboxylic acids is 1. The van der Waals surface area contributed by atoms with Crippen LogP contribution in [0.2, 0.25) is 5.15 Å². The van der Waals surface area contributed by atoms with E-state index in [0.29, 0.717) is 17.3 Å². The molecule has 0 aliphatic heterocycles. The number of nitrogens with one attached hydrogen (secondary N) is 1. The van der Waals surface area contributed by atoms with Crippen molar-refractivity contribution in [3.8, 4) is 0 Å². The second kappa shape index (κ2) is 10.1. The minimum absolute atomic E-state index is 0.0490. The number of hydroxylamine groups is 1. The molecule has 3 rings (SSSR count). The van der Waals surface area contributed by atoms with Crippen molar-refractivity contribution in [3.63, 3.8) is 0 Å². The van der Waals surface area contributed by atoms with E-state index in [-0.39, 0.29) is 18.1 Å². The Labute approximate surface area is 174 Å². The lowest BCUT2D eigenvalue weighted by Gasteiger charge is -2.09. The molecular formula is C23H21ClFN2O2+. The van der Waals surface area contributed by atoms with Crippen molar-refractivity contribution in [2.24, 2.45) is 0 Å². The maximum atomic E-state index is 13.1. The van der Waals surface area contributed by atoms with Crippen molar-refractivity contribution in [3.05, 3.63) is 107 Å². The molecule has 2 aromatic carbocycles. The Kier molecular flexibility index (Phi) is 7.25. The number of hydrogen-bond donors (Lipinski definition) is 1. The topological polar surface area (TPSA) is 42.2 Å². The first kappa shape index (κ1) is 20.9. The molecule has 0 bridgehead atoms. The van der Waals surface area contributed by atoms with Crippen LogP contribution < -0.4 is 10.0 Å². The number of pyridine rings is 1. The van der Waals surface area contributed by atoms with Crippen molar-refractivity contribution < 1.29 is 18.6 Å². The van der Waals surface area contributed by atoms with Gasteiger partial charge in [0.05, 0.1) is 6.61 Å². The van der Waals surface area contributed by atoms with Crippen LogP contribution in [0.5, 0.6) is 0 Å². The Balaban J connectivity index is 1.92. The fourth-order valence-electron chi connectivity index (χ4n) is 2.92. The molecule has 0 atom stereocenters. The standard InChI is InChI=1S/C23H21ClFN2O2/c1-26-29-14-13-21(17-5-3-2-4-6-17)19-9-12-23(24)27(15-19)16-22(28)18-7-10-20(25)11-8-18/h2-13,15,26H,14,16H2,1H3/q+1. The monoisotopic (exact) mass is 411 g/mol. The number of nitrogens with zero attached hydrogens (tertiary/aromatic N) is 1. The number of hydrogen-bond acceptors (Lipinski definition) is 3. The molecule has 0 aliphatic rings. The van der Waals surface area contributed by atoms with Gasteiger partial charge in [-0.05, 0) is 59.1 Å². The van der Waals surface area contributed by atoms with E-state index >= 15 is 0 Å². The number of Topliss-reactive ketones (excluding diaryl/α,β-unsaturated/α-hetero) is 1. The molecule has 6 heteroatoms. The van der Waals surface area contributed by atoms with Crippen LogP contribution in [0.15, 0.2) is 79.0 Å². The third-order valence-electron chi connectivity index (χ3n) is 4.36. The van der Waals surface area contributed by atoms with E-state index in [1.807, 2.05) is 48.7 Å². The number of carbonyl (C=O) groups is 1. The Morgan fingerprint density at radius 2 is 1.72 bits per heavy atom. The van der Waals surface area contributed by atoms with Crippen LogP contribution in [0.4, 0.5) is 4.39 Å². The first-order valence-corrected chi connectivity index (χ1v) is 9.48. The Morgan fingerprint density at radius 1 is 1.03 bits per heavy atom. The van der Waals surface area contributed by atoms with Gasteiger partial charge in [0.2, 0.25) is 12.3 Å². The van der Waals surface area contributed by atoms with E-state index < -0.39 is 0 Å². The Morgan fingerprint density at radius 3 is 2.41 bits per heavy atom. The van der Waals surface area contributed by atoms with Crippen LogP contribution in [0.1, 0.15) is 21.5 Å². The van der Waals surface area contributed by atoms with Crippen molar-refractivity contribution >= 4 is 23.0 Å². The lowest BCUT2D eigenvalue weighted by Crippen LogP contribution is -2.39. The van der Waals surface area contributed by atoms with Crippen molar-refractivity contribution in [2.75, 3.05) is 13.7 Å². The molecule has 29 heavy (non-hydrogen) atoms. The van der Waals surface area contributed by atoms with Gasteiger partial charge >= 0.3 is 0 Å². The molecule has 0 spiro atoms. The van der Waals surface area contributed by atoms with Gasteiger partial charge in [-0.15, -0.1) is 0 Å². The van der Waals surface area contributed by atoms with Gasteiger partial charge in [-0.1, -0.05) is 30.3 Å². The molecule has 0 unspecified atom stereocenters. The van der Waals surface area contributed by atoms with Gasteiger partial charge in [0.1, 0.15) is 5.82 Å². The number of halogens is 2. The summed E-state index contributed by atoms with van der Waals surface area (Å²) in [7, 11) is 1.70. The third-order valence-corrected chi connectivity index (χ3v) is 4.70. The molecule has 0 saturated heterocycles. The number of rotatable bonds is 8. The molecule has 0 radical (unpaired) electrons. The Bertz CT molecular complexity index is 1010. The van der Waals surface area contributed by atoms with E-state index in [1.165, 1.54) is 24.3 Å². The molecule has 1 N–H and O–H groups in total. The van der Waals surface area contributed by atoms with Crippen LogP contribution >= 0.6 is 11.6 Å². The fraction of sp³-hybridized carbons (Fsp3) is 0.130. The van der Waals surface area contributed by atoms with Crippen molar-refractivity contribution in [1.29, 1.82) is 0 Å². The molecule has 4 nitrogen and oxygen atoms in total. The zero-order chi connectivity index (χ0) is 20.6. The van der Waals surface area contributed by atoms with Gasteiger partial charge in [0.15, 0.2) is 6.20 Å². The summed E-state index contributed by atoms with van der Waals surface area (Å²) >= 11 is 6.33. The molecule has 0 aliphatic carbocycles. The highest BCUT2D eigenvalue weighted by molar-refractivity contribution is 6.28. The normalized spacial score (nSPS) is 11.5. The van der Waals surface area contributed by atoms with Crippen molar-refractivity contribution in [2.45, 2.75) is 6.54 Å². The summed E-state index contributed by atoms with van der Waals surface area (Å²) in [6.07, 6.45) is 3.79. The second-order valence-corrected chi connectivity index (χ2v) is 6.68. The number of ketones is 1. The minimum Gasteiger partial charge on any atom is -0.298 e. The number of aromatic nitrogens is 1. The predicted octanol–water partition coefficient (Wildman–Crippen LogP) is 4.23. The van der Waals surface area contributed by atoms with Crippen LogP contribution in [0.3, 0.4) is 0 Å². The summed E-state index contributed by atoms with van der Waals surface area (Å²) in [5.74, 6) is -0.534. The van der Waals surface area contributed by atoms with Crippen LogP contribution in [-0.4, -0.2) is 19.4 Å². The summed E-state index contributed by atoms with van der Waals surface area (Å²) in [6.45, 7) is 0.422. The Hall–Kier alpha value is -2.86. The maximum absolute atomic E-state index is 13.1. The highest BCUT2D eigenvalue weighted by atomic mass is 35.5. The van der Waals surface area contributed by atoms with Gasteiger partial charge in [0, 0.05) is 24.2 Å². The molecule has 1 heterocycles. The van der Waals surface area contributed by atoms with Gasteiger partial charge < -0.3 is 0 Å². The second-order valence-electron chi connectivity index (χ2n) is 6.30. The molecule has 0 saturated carbocycles. The SMILES string of the molecule is CNOCC=C(c1ccccc1)c1ccc(Cl)[n+](CC(=O)c2ccc(F)cc2)c1. The predicted molar refractivity (Wildman–Crippen MR) is 111 cm³/mol. The zero-order valence-corrected chi connectivity index (χ0v) is 16.7. The largest absolute Gasteiger partial charge is 0.298 e. The van der Waals surface area contributed by atoms with Crippen molar-refractivity contribution in [1.82, 2.24) is 5.48 Å². The van der Waals surface area contributed by atoms with E-state index in [9.17, 15) is 9.18 Å². The van der Waals surface area contributed by atoms with Gasteiger partial charge in [-0.2, -0.15) is 4.57 Å². The van der Waals surface area contributed by atoms with Crippen LogP contribution in [0, 0.1) is 5.82 Å². The van der Waals surface area contributed by atoms with Crippen LogP contribution in [-0.2, 0) is 11.4 Å². The molecular weight excluding hydrogens is 391 g/mol. The minimum atomic E-state index is -0.379. The molecule has 0 amide bonds. The van der Waals surface area contributed by atoms with E-state index in [1.54, 1.807) is 17.7 Å². The molecule has 148 valence electrons. The lowest BCUT2D eigenvalue weighted by atomic mass is 9.99. The van der Waals surface area contributed by atoms with E-state index in [2.05, 4.69) is 5.48 Å². The lowest BCUT2D eigenvalue weighted by molar-refractivity contribution is -0.681. The summed E-state index contributed by atoms with van der Waals surface area (Å²) in [5.41, 5.74) is 5.96. The summed E-state index contributed by atoms with van der Waals surface area (Å²) in [6, 6.07) is 19.0. The number of benzene rings is 2. The summed E-state index contributed by atoms with van der Waals surface area (Å²) < 4.78 is 14.8. The van der Waals surface area contributed by atoms with E-state index in [0.717, 1.165) is 16.7 Å². The maximum Gasteiger partial charge on any atom is 0.275 e. The zero-order valence-electron chi connectivity index (χ0n) is 15.9. The smallest absolute Gasteiger partial charge is 0.275 e. The third kappa shape index (κ3) is 5.57. The molecule has 0 fully saturated rings.